The van der Waals surface area contributed by atoms with Crippen molar-refractivity contribution in [1.29, 1.82) is 0 Å². The highest BCUT2D eigenvalue weighted by Crippen LogP contribution is 2.42. The lowest BCUT2D eigenvalue weighted by Crippen LogP contribution is -2.11. The summed E-state index contributed by atoms with van der Waals surface area (Å²) in [5.41, 5.74) is 3.99. The summed E-state index contributed by atoms with van der Waals surface area (Å²) in [6, 6.07) is 17.3. The standard InChI is InChI=1S/C23H23N3O3S/c1-4-29-20(28)14-19(27)22-16(3)21(26-25-18-12-10-15(2)11-13-18)23(30-22)24-17-8-6-5-7-9-17/h5-13,24H,4,14H2,1-3H3. The number of nitrogens with zero attached hydrogens (tertiary/aromatic N) is 2. The average molecular weight is 422 g/mol. The van der Waals surface area contributed by atoms with Crippen LogP contribution in [0.5, 0.6) is 0 Å². The fourth-order valence-electron chi connectivity index (χ4n) is 2.77. The summed E-state index contributed by atoms with van der Waals surface area (Å²) in [7, 11) is 0. The third kappa shape index (κ3) is 5.39. The molecule has 0 aliphatic carbocycles. The van der Waals surface area contributed by atoms with Crippen molar-refractivity contribution in [3.05, 3.63) is 70.6 Å². The topological polar surface area (TPSA) is 80.1 Å². The van der Waals surface area contributed by atoms with Crippen LogP contribution in [0.4, 0.5) is 22.1 Å². The maximum atomic E-state index is 12.7. The van der Waals surface area contributed by atoms with Gasteiger partial charge in [-0.3, -0.25) is 9.59 Å². The molecule has 30 heavy (non-hydrogen) atoms. The summed E-state index contributed by atoms with van der Waals surface area (Å²) < 4.78 is 4.91. The SMILES string of the molecule is CCOC(=O)CC(=O)c1sc(Nc2ccccc2)c(N=Nc2ccc(C)cc2)c1C. The quantitative estimate of drug-likeness (QED) is 0.191. The number of thiophene rings is 1. The summed E-state index contributed by atoms with van der Waals surface area (Å²) in [5.74, 6) is -0.820. The Morgan fingerprint density at radius 1 is 1.00 bits per heavy atom. The van der Waals surface area contributed by atoms with Gasteiger partial charge in [0.15, 0.2) is 5.78 Å². The van der Waals surface area contributed by atoms with Crippen molar-refractivity contribution in [1.82, 2.24) is 0 Å². The number of benzene rings is 2. The van der Waals surface area contributed by atoms with Crippen molar-refractivity contribution in [3.8, 4) is 0 Å². The van der Waals surface area contributed by atoms with Crippen LogP contribution in [0.3, 0.4) is 0 Å². The Bertz CT molecular complexity index is 1060. The van der Waals surface area contributed by atoms with Gasteiger partial charge < -0.3 is 10.1 Å². The largest absolute Gasteiger partial charge is 0.466 e. The van der Waals surface area contributed by atoms with Crippen LogP contribution >= 0.6 is 11.3 Å². The normalized spacial score (nSPS) is 10.9. The molecule has 0 amide bonds. The third-order valence-electron chi connectivity index (χ3n) is 4.31. The number of para-hydroxylation sites is 1. The van der Waals surface area contributed by atoms with Gasteiger partial charge >= 0.3 is 5.97 Å². The van der Waals surface area contributed by atoms with E-state index in [-0.39, 0.29) is 18.8 Å². The van der Waals surface area contributed by atoms with E-state index in [1.54, 1.807) is 6.92 Å². The maximum Gasteiger partial charge on any atom is 0.313 e. The van der Waals surface area contributed by atoms with Crippen molar-refractivity contribution in [2.45, 2.75) is 27.2 Å². The molecule has 0 radical (unpaired) electrons. The first-order valence-corrected chi connectivity index (χ1v) is 10.4. The molecule has 0 aliphatic rings. The van der Waals surface area contributed by atoms with Gasteiger partial charge in [0.2, 0.25) is 0 Å². The molecule has 0 aliphatic heterocycles. The van der Waals surface area contributed by atoms with Crippen LogP contribution in [-0.4, -0.2) is 18.4 Å². The summed E-state index contributed by atoms with van der Waals surface area (Å²) in [6.07, 6.45) is -0.297. The number of hydrogen-bond donors (Lipinski definition) is 1. The highest BCUT2D eigenvalue weighted by Gasteiger charge is 2.23. The predicted molar refractivity (Wildman–Crippen MR) is 120 cm³/mol. The van der Waals surface area contributed by atoms with Gasteiger partial charge in [-0.2, -0.15) is 5.11 Å². The van der Waals surface area contributed by atoms with Crippen LogP contribution in [0.15, 0.2) is 64.8 Å². The zero-order valence-corrected chi connectivity index (χ0v) is 18.0. The number of anilines is 2. The number of Topliss-reactive ketones (excluding diaryl/α,β-unsaturated/α-hetero) is 1. The van der Waals surface area contributed by atoms with Gasteiger partial charge in [0.1, 0.15) is 17.1 Å². The number of carbonyl (C=O) groups excluding carboxylic acids is 2. The van der Waals surface area contributed by atoms with Crippen LogP contribution in [0, 0.1) is 13.8 Å². The van der Waals surface area contributed by atoms with Gasteiger partial charge in [-0.1, -0.05) is 35.9 Å². The van der Waals surface area contributed by atoms with E-state index >= 15 is 0 Å². The number of hydrogen-bond acceptors (Lipinski definition) is 7. The minimum atomic E-state index is -0.532. The smallest absolute Gasteiger partial charge is 0.313 e. The number of aryl methyl sites for hydroxylation is 1. The molecule has 7 heteroatoms. The summed E-state index contributed by atoms with van der Waals surface area (Å²) >= 11 is 1.26. The maximum absolute atomic E-state index is 12.7. The van der Waals surface area contributed by atoms with E-state index in [2.05, 4.69) is 15.5 Å². The molecule has 0 fully saturated rings. The number of rotatable bonds is 8. The molecule has 0 unspecified atom stereocenters. The highest BCUT2D eigenvalue weighted by molar-refractivity contribution is 7.19. The molecular formula is C23H23N3O3S. The van der Waals surface area contributed by atoms with Crippen molar-refractivity contribution >= 4 is 45.2 Å². The van der Waals surface area contributed by atoms with Crippen LogP contribution < -0.4 is 5.32 Å². The minimum Gasteiger partial charge on any atom is -0.466 e. The molecule has 154 valence electrons. The summed E-state index contributed by atoms with van der Waals surface area (Å²) in [4.78, 5) is 24.9. The predicted octanol–water partition coefficient (Wildman–Crippen LogP) is 6.66. The van der Waals surface area contributed by atoms with Crippen LogP contribution in [0.1, 0.15) is 34.1 Å². The van der Waals surface area contributed by atoms with Crippen LogP contribution in [0.2, 0.25) is 0 Å². The van der Waals surface area contributed by atoms with Crippen molar-refractivity contribution in [2.24, 2.45) is 10.2 Å². The molecule has 0 spiro atoms. The molecule has 0 atom stereocenters. The van der Waals surface area contributed by atoms with E-state index in [0.717, 1.165) is 16.9 Å². The van der Waals surface area contributed by atoms with Gasteiger partial charge in [-0.05, 0) is 45.0 Å². The first-order valence-electron chi connectivity index (χ1n) is 9.60. The van der Waals surface area contributed by atoms with Crippen molar-refractivity contribution in [2.75, 3.05) is 11.9 Å². The molecule has 3 rings (SSSR count). The Morgan fingerprint density at radius 3 is 2.37 bits per heavy atom. The number of nitrogens with one attached hydrogen (secondary N) is 1. The minimum absolute atomic E-state index is 0.242. The first kappa shape index (κ1) is 21.4. The number of ketones is 1. The molecule has 0 saturated carbocycles. The summed E-state index contributed by atoms with van der Waals surface area (Å²) in [6.45, 7) is 5.78. The fourth-order valence-corrected chi connectivity index (χ4v) is 3.87. The zero-order valence-electron chi connectivity index (χ0n) is 17.1. The zero-order chi connectivity index (χ0) is 21.5. The molecule has 0 saturated heterocycles. The van der Waals surface area contributed by atoms with Gasteiger partial charge in [-0.25, -0.2) is 0 Å². The van der Waals surface area contributed by atoms with Crippen molar-refractivity contribution < 1.29 is 14.3 Å². The lowest BCUT2D eigenvalue weighted by atomic mass is 10.1. The monoisotopic (exact) mass is 421 g/mol. The molecule has 1 N–H and O–H groups in total. The molecule has 1 aromatic heterocycles. The van der Waals surface area contributed by atoms with E-state index in [1.165, 1.54) is 11.3 Å². The number of esters is 1. The van der Waals surface area contributed by atoms with Crippen LogP contribution in [-0.2, 0) is 9.53 Å². The van der Waals surface area contributed by atoms with Gasteiger partial charge in [0.25, 0.3) is 0 Å². The molecule has 2 aromatic carbocycles. The van der Waals surface area contributed by atoms with E-state index < -0.39 is 5.97 Å². The van der Waals surface area contributed by atoms with E-state index in [1.807, 2.05) is 68.4 Å². The van der Waals surface area contributed by atoms with E-state index in [4.69, 9.17) is 4.74 Å². The first-order chi connectivity index (χ1) is 14.5. The van der Waals surface area contributed by atoms with Crippen molar-refractivity contribution in [3.63, 3.8) is 0 Å². The fraction of sp³-hybridized carbons (Fsp3) is 0.217. The molecular weight excluding hydrogens is 398 g/mol. The highest BCUT2D eigenvalue weighted by atomic mass is 32.1. The molecule has 0 bridgehead atoms. The Morgan fingerprint density at radius 2 is 1.70 bits per heavy atom. The lowest BCUT2D eigenvalue weighted by Gasteiger charge is -2.04. The Kier molecular flexibility index (Phi) is 7.08. The van der Waals surface area contributed by atoms with Gasteiger partial charge in [-0.15, -0.1) is 16.5 Å². The van der Waals surface area contributed by atoms with E-state index in [9.17, 15) is 9.59 Å². The van der Waals surface area contributed by atoms with Crippen LogP contribution in [0.25, 0.3) is 0 Å². The average Bonchev–Trinajstić information content (AvgIpc) is 3.04. The lowest BCUT2D eigenvalue weighted by molar-refractivity contribution is -0.141. The molecule has 6 nitrogen and oxygen atoms in total. The number of carbonyl (C=O) groups is 2. The third-order valence-corrected chi connectivity index (χ3v) is 5.55. The second-order valence-electron chi connectivity index (χ2n) is 6.67. The molecule has 1 heterocycles. The Hall–Kier alpha value is -3.32. The number of ether oxygens (including phenoxy) is 1. The Labute approximate surface area is 179 Å². The van der Waals surface area contributed by atoms with E-state index in [0.29, 0.717) is 21.1 Å². The second kappa shape index (κ2) is 9.93. The molecule has 3 aromatic rings. The Balaban J connectivity index is 1.95. The summed E-state index contributed by atoms with van der Waals surface area (Å²) in [5, 5.41) is 12.8. The van der Waals surface area contributed by atoms with Gasteiger partial charge in [0.05, 0.1) is 17.2 Å². The van der Waals surface area contributed by atoms with Gasteiger partial charge in [0, 0.05) is 11.3 Å². The second-order valence-corrected chi connectivity index (χ2v) is 7.69. The number of azo groups is 1.